The van der Waals surface area contributed by atoms with Gasteiger partial charge in [-0.1, -0.05) is 53.5 Å². The summed E-state index contributed by atoms with van der Waals surface area (Å²) in [4.78, 5) is 14.6. The molecule has 1 heterocycles. The number of ether oxygens (including phenoxy) is 2. The van der Waals surface area contributed by atoms with E-state index in [0.717, 1.165) is 17.3 Å². The molecule has 0 aromatic heterocycles. The zero-order valence-electron chi connectivity index (χ0n) is 20.1. The fraction of sp³-hybridized carbons (Fsp3) is 0.111. The molecule has 1 amide bonds. The van der Waals surface area contributed by atoms with Gasteiger partial charge in [0.2, 0.25) is 0 Å². The van der Waals surface area contributed by atoms with Crippen molar-refractivity contribution in [3.05, 3.63) is 105 Å². The van der Waals surface area contributed by atoms with Crippen LogP contribution in [-0.4, -0.2) is 38.0 Å². The third kappa shape index (κ3) is 6.42. The number of sulfonamides is 1. The number of halogens is 2. The van der Waals surface area contributed by atoms with E-state index in [1.54, 1.807) is 30.3 Å². The van der Waals surface area contributed by atoms with E-state index in [2.05, 4.69) is 11.0 Å². The van der Waals surface area contributed by atoms with Gasteiger partial charge in [-0.3, -0.25) is 9.69 Å². The minimum Gasteiger partial charge on any atom is -0.493 e. The maximum atomic E-state index is 13.1. The Hall–Kier alpha value is -3.24. The molecular weight excluding hydrogens is 567 g/mol. The summed E-state index contributed by atoms with van der Waals surface area (Å²) in [5.74, 6) is 0.575. The van der Waals surface area contributed by atoms with Gasteiger partial charge in [-0.2, -0.15) is 8.42 Å². The number of amides is 1. The van der Waals surface area contributed by atoms with Gasteiger partial charge in [0.05, 0.1) is 16.9 Å². The number of thioether (sulfide) groups is 1. The minimum absolute atomic E-state index is 0.0303. The molecule has 1 aliphatic heterocycles. The molecule has 3 aromatic rings. The molecule has 1 saturated heterocycles. The van der Waals surface area contributed by atoms with Crippen LogP contribution in [0.4, 0.5) is 0 Å². The van der Waals surface area contributed by atoms with Crippen LogP contribution < -0.4 is 9.47 Å². The van der Waals surface area contributed by atoms with E-state index in [1.807, 2.05) is 18.2 Å². The van der Waals surface area contributed by atoms with Crippen LogP contribution in [-0.2, 0) is 21.4 Å². The maximum absolute atomic E-state index is 13.1. The number of methoxy groups -OCH3 is 1. The molecule has 0 radical (unpaired) electrons. The van der Waals surface area contributed by atoms with Gasteiger partial charge in [-0.25, -0.2) is 0 Å². The van der Waals surface area contributed by atoms with Gasteiger partial charge in [0.15, 0.2) is 16.7 Å². The second-order valence-electron chi connectivity index (χ2n) is 7.91. The highest BCUT2D eigenvalue weighted by molar-refractivity contribution is 8.19. The van der Waals surface area contributed by atoms with E-state index in [4.69, 9.17) is 32.7 Å². The highest BCUT2D eigenvalue weighted by Gasteiger charge is 2.34. The highest BCUT2D eigenvalue weighted by atomic mass is 35.5. The summed E-state index contributed by atoms with van der Waals surface area (Å²) in [5.41, 5.74) is 1.49. The zero-order valence-corrected chi connectivity index (χ0v) is 23.3. The summed E-state index contributed by atoms with van der Waals surface area (Å²) in [7, 11) is -2.56. The SMILES string of the molecule is C=CCN1C(=O)/C(=C/c2ccc(OCc3ccccc3Cl)c(OC)c2)S/C1=N/S(=O)(=O)c1ccc(Cl)cc1. The summed E-state index contributed by atoms with van der Waals surface area (Å²) in [6, 6.07) is 18.2. The van der Waals surface area contributed by atoms with Crippen molar-refractivity contribution in [3.63, 3.8) is 0 Å². The number of carbonyl (C=O) groups is 1. The second kappa shape index (κ2) is 12.1. The Morgan fingerprint density at radius 3 is 2.47 bits per heavy atom. The van der Waals surface area contributed by atoms with Gasteiger partial charge in [0, 0.05) is 22.2 Å². The van der Waals surface area contributed by atoms with Crippen LogP contribution in [0.25, 0.3) is 6.08 Å². The normalized spacial score (nSPS) is 15.8. The summed E-state index contributed by atoms with van der Waals surface area (Å²) in [5, 5.41) is 1.03. The van der Waals surface area contributed by atoms with Crippen molar-refractivity contribution in [2.75, 3.05) is 13.7 Å². The summed E-state index contributed by atoms with van der Waals surface area (Å²) >= 11 is 13.0. The highest BCUT2D eigenvalue weighted by Crippen LogP contribution is 2.36. The summed E-state index contributed by atoms with van der Waals surface area (Å²) < 4.78 is 41.0. The van der Waals surface area contributed by atoms with Gasteiger partial charge >= 0.3 is 0 Å². The molecular formula is C27H22Cl2N2O5S2. The number of nitrogens with zero attached hydrogens (tertiary/aromatic N) is 2. The number of hydrogen-bond acceptors (Lipinski definition) is 6. The predicted octanol–water partition coefficient (Wildman–Crippen LogP) is 6.43. The molecule has 1 aliphatic rings. The number of carbonyl (C=O) groups excluding carboxylic acids is 1. The Labute approximate surface area is 235 Å². The topological polar surface area (TPSA) is 85.3 Å². The number of hydrogen-bond donors (Lipinski definition) is 0. The fourth-order valence-corrected chi connectivity index (χ4v) is 5.95. The molecule has 0 spiro atoms. The van der Waals surface area contributed by atoms with Crippen LogP contribution in [0.3, 0.4) is 0 Å². The Kier molecular flexibility index (Phi) is 8.83. The van der Waals surface area contributed by atoms with Crippen molar-refractivity contribution < 1.29 is 22.7 Å². The fourth-order valence-electron chi connectivity index (χ4n) is 3.44. The lowest BCUT2D eigenvalue weighted by molar-refractivity contribution is -0.121. The molecule has 7 nitrogen and oxygen atoms in total. The number of benzene rings is 3. The van der Waals surface area contributed by atoms with Crippen LogP contribution in [0.1, 0.15) is 11.1 Å². The largest absolute Gasteiger partial charge is 0.493 e. The quantitative estimate of drug-likeness (QED) is 0.211. The molecule has 0 saturated carbocycles. The Bertz CT molecular complexity index is 1540. The van der Waals surface area contributed by atoms with E-state index in [0.29, 0.717) is 32.0 Å². The lowest BCUT2D eigenvalue weighted by Crippen LogP contribution is -2.29. The molecule has 196 valence electrons. The standard InChI is InChI=1S/C27H22Cl2N2O5S2/c1-3-14-31-26(32)25(37-27(31)30-38(33,34)21-11-9-20(28)10-12-21)16-18-8-13-23(24(15-18)35-2)36-17-19-6-4-5-7-22(19)29/h3-13,15-16H,1,14,17H2,2H3/b25-16-,30-27+. The van der Waals surface area contributed by atoms with E-state index in [1.165, 1.54) is 42.4 Å². The Balaban J connectivity index is 1.59. The third-order valence-corrected chi connectivity index (χ3v) is 8.36. The number of rotatable bonds is 9. The van der Waals surface area contributed by atoms with Crippen LogP contribution in [0, 0.1) is 0 Å². The lowest BCUT2D eigenvalue weighted by Gasteiger charge is -2.13. The average molecular weight is 590 g/mol. The number of amidine groups is 1. The Morgan fingerprint density at radius 1 is 1.05 bits per heavy atom. The molecule has 0 aliphatic carbocycles. The van der Waals surface area contributed by atoms with Gasteiger partial charge in [-0.15, -0.1) is 11.0 Å². The van der Waals surface area contributed by atoms with Gasteiger partial charge in [-0.05, 0) is 65.9 Å². The van der Waals surface area contributed by atoms with Crippen LogP contribution in [0.2, 0.25) is 10.0 Å². The zero-order chi connectivity index (χ0) is 27.3. The second-order valence-corrected chi connectivity index (χ2v) is 11.4. The first-order valence-electron chi connectivity index (χ1n) is 11.2. The van der Waals surface area contributed by atoms with Crippen molar-refractivity contribution in [1.29, 1.82) is 0 Å². The average Bonchev–Trinajstić information content (AvgIpc) is 3.17. The molecule has 0 atom stereocenters. The first kappa shape index (κ1) is 27.8. The van der Waals surface area contributed by atoms with E-state index < -0.39 is 15.9 Å². The Morgan fingerprint density at radius 2 is 1.79 bits per heavy atom. The van der Waals surface area contributed by atoms with Crippen LogP contribution in [0.15, 0.2) is 93.6 Å². The van der Waals surface area contributed by atoms with Crippen LogP contribution in [0.5, 0.6) is 11.5 Å². The van der Waals surface area contributed by atoms with Crippen molar-refractivity contribution in [2.45, 2.75) is 11.5 Å². The van der Waals surface area contributed by atoms with Gasteiger partial charge in [0.25, 0.3) is 15.9 Å². The van der Waals surface area contributed by atoms with E-state index in [-0.39, 0.29) is 23.2 Å². The molecule has 4 rings (SSSR count). The molecule has 38 heavy (non-hydrogen) atoms. The van der Waals surface area contributed by atoms with E-state index in [9.17, 15) is 13.2 Å². The van der Waals surface area contributed by atoms with Crippen molar-refractivity contribution in [2.24, 2.45) is 4.40 Å². The molecule has 0 bridgehead atoms. The predicted molar refractivity (Wildman–Crippen MR) is 152 cm³/mol. The van der Waals surface area contributed by atoms with Gasteiger partial charge < -0.3 is 9.47 Å². The maximum Gasteiger partial charge on any atom is 0.284 e. The first-order valence-corrected chi connectivity index (χ1v) is 14.2. The van der Waals surface area contributed by atoms with Gasteiger partial charge in [0.1, 0.15) is 6.61 Å². The first-order chi connectivity index (χ1) is 18.2. The van der Waals surface area contributed by atoms with Crippen LogP contribution >= 0.6 is 35.0 Å². The molecule has 1 fully saturated rings. The van der Waals surface area contributed by atoms with Crippen molar-refractivity contribution in [3.8, 4) is 11.5 Å². The smallest absolute Gasteiger partial charge is 0.284 e. The molecule has 11 heteroatoms. The van der Waals surface area contributed by atoms with E-state index >= 15 is 0 Å². The monoisotopic (exact) mass is 588 g/mol. The summed E-state index contributed by atoms with van der Waals surface area (Å²) in [6.45, 7) is 4.01. The van der Waals surface area contributed by atoms with Crippen molar-refractivity contribution >= 4 is 62.1 Å². The lowest BCUT2D eigenvalue weighted by atomic mass is 10.1. The molecule has 0 unspecified atom stereocenters. The molecule has 3 aromatic carbocycles. The summed E-state index contributed by atoms with van der Waals surface area (Å²) in [6.07, 6.45) is 3.14. The minimum atomic E-state index is -4.07. The van der Waals surface area contributed by atoms with Crippen molar-refractivity contribution in [1.82, 2.24) is 4.90 Å². The third-order valence-electron chi connectivity index (χ3n) is 5.34. The molecule has 0 N–H and O–H groups in total.